The van der Waals surface area contributed by atoms with Crippen LogP contribution in [0.25, 0.3) is 0 Å². The van der Waals surface area contributed by atoms with Crippen LogP contribution < -0.4 is 10.2 Å². The lowest BCUT2D eigenvalue weighted by Crippen LogP contribution is -2.26. The molecule has 0 fully saturated rings. The van der Waals surface area contributed by atoms with Crippen LogP contribution in [0.5, 0.6) is 0 Å². The van der Waals surface area contributed by atoms with E-state index in [4.69, 9.17) is 0 Å². The van der Waals surface area contributed by atoms with Crippen molar-refractivity contribution in [2.75, 3.05) is 23.3 Å². The van der Waals surface area contributed by atoms with E-state index in [0.29, 0.717) is 5.82 Å². The largest absolute Gasteiger partial charge is 0.355 e. The fourth-order valence-electron chi connectivity index (χ4n) is 2.26. The zero-order chi connectivity index (χ0) is 17.5. The van der Waals surface area contributed by atoms with Crippen molar-refractivity contribution in [1.29, 1.82) is 0 Å². The third-order valence-electron chi connectivity index (χ3n) is 3.37. The topological polar surface area (TPSA) is 58.1 Å². The minimum Gasteiger partial charge on any atom is -0.355 e. The first kappa shape index (κ1) is 17.8. The van der Waals surface area contributed by atoms with Gasteiger partial charge in [0.2, 0.25) is 0 Å². The molecule has 0 saturated heterocycles. The maximum atomic E-state index is 13.2. The first-order chi connectivity index (χ1) is 11.5. The fourth-order valence-corrected chi connectivity index (χ4v) is 2.26. The Morgan fingerprint density at radius 3 is 2.29 bits per heavy atom. The molecular weight excluding hydrogens is 314 g/mol. The highest BCUT2D eigenvalue weighted by molar-refractivity contribution is 6.02. The van der Waals surface area contributed by atoms with Gasteiger partial charge in [-0.25, -0.2) is 8.78 Å². The normalized spacial score (nSPS) is 10.5. The molecule has 128 valence electrons. The van der Waals surface area contributed by atoms with Crippen LogP contribution in [-0.2, 0) is 0 Å². The van der Waals surface area contributed by atoms with Gasteiger partial charge in [-0.3, -0.25) is 4.79 Å². The summed E-state index contributed by atoms with van der Waals surface area (Å²) < 4.78 is 26.0. The Labute approximate surface area is 139 Å². The number of nitrogens with one attached hydrogen (secondary N) is 1. The minimum absolute atomic E-state index is 0.108. The molecule has 1 aromatic carbocycles. The van der Waals surface area contributed by atoms with Crippen LogP contribution in [0, 0.1) is 11.6 Å². The van der Waals surface area contributed by atoms with Crippen LogP contribution in [0.1, 0.15) is 37.2 Å². The predicted octanol–water partition coefficient (Wildman–Crippen LogP) is 3.63. The summed E-state index contributed by atoms with van der Waals surface area (Å²) in [6.07, 6.45) is 1.97. The second-order valence-electron chi connectivity index (χ2n) is 5.35. The average molecular weight is 334 g/mol. The van der Waals surface area contributed by atoms with Crippen molar-refractivity contribution < 1.29 is 13.6 Å². The number of nitrogens with zero attached hydrogens (tertiary/aromatic N) is 3. The zero-order valence-electron chi connectivity index (χ0n) is 13.7. The number of hydrogen-bond donors (Lipinski definition) is 1. The van der Waals surface area contributed by atoms with Crippen molar-refractivity contribution in [2.24, 2.45) is 0 Å². The summed E-state index contributed by atoms with van der Waals surface area (Å²) >= 11 is 0. The molecule has 1 heterocycles. The number of aromatic nitrogens is 2. The molecule has 5 nitrogen and oxygen atoms in total. The van der Waals surface area contributed by atoms with Crippen LogP contribution in [0.2, 0.25) is 0 Å². The number of hydrogen-bond acceptors (Lipinski definition) is 4. The number of amides is 1. The van der Waals surface area contributed by atoms with Gasteiger partial charge in [0, 0.05) is 24.8 Å². The van der Waals surface area contributed by atoms with Crippen LogP contribution >= 0.6 is 0 Å². The Balaban J connectivity index is 2.08. The van der Waals surface area contributed by atoms with Crippen molar-refractivity contribution in [2.45, 2.75) is 26.7 Å². The molecule has 7 heteroatoms. The monoisotopic (exact) mass is 334 g/mol. The van der Waals surface area contributed by atoms with E-state index in [2.05, 4.69) is 34.3 Å². The first-order valence-electron chi connectivity index (χ1n) is 7.90. The predicted molar refractivity (Wildman–Crippen MR) is 89.1 cm³/mol. The van der Waals surface area contributed by atoms with E-state index in [-0.39, 0.29) is 11.4 Å². The molecule has 0 spiro atoms. The third kappa shape index (κ3) is 4.47. The molecule has 0 bridgehead atoms. The Hall–Kier alpha value is -2.57. The molecule has 1 N–H and O–H groups in total. The summed E-state index contributed by atoms with van der Waals surface area (Å²) in [6.45, 7) is 5.89. The molecule has 1 amide bonds. The summed E-state index contributed by atoms with van der Waals surface area (Å²) in [5.74, 6) is -1.81. The zero-order valence-corrected chi connectivity index (χ0v) is 13.7. The quantitative estimate of drug-likeness (QED) is 0.840. The second kappa shape index (κ2) is 8.33. The van der Waals surface area contributed by atoms with Gasteiger partial charge in [-0.2, -0.15) is 0 Å². The molecule has 1 aromatic heterocycles. The Bertz CT molecular complexity index is 685. The van der Waals surface area contributed by atoms with E-state index < -0.39 is 17.5 Å². The molecule has 0 saturated carbocycles. The van der Waals surface area contributed by atoms with Crippen molar-refractivity contribution in [3.8, 4) is 0 Å². The standard InChI is InChI=1S/C17H20F2N4O/c1-3-9-23(10-4-2)16-8-7-15(21-22-16)17(24)20-12-5-6-13(18)14(19)11-12/h5-8,11H,3-4,9-10H2,1-2H3,(H,20,24). The number of anilines is 2. The van der Waals surface area contributed by atoms with E-state index in [0.717, 1.165) is 38.1 Å². The first-order valence-corrected chi connectivity index (χ1v) is 7.90. The van der Waals surface area contributed by atoms with Crippen molar-refractivity contribution in [3.05, 3.63) is 47.7 Å². The molecule has 24 heavy (non-hydrogen) atoms. The lowest BCUT2D eigenvalue weighted by Gasteiger charge is -2.21. The lowest BCUT2D eigenvalue weighted by atomic mass is 10.2. The molecule has 0 aliphatic rings. The highest BCUT2D eigenvalue weighted by Crippen LogP contribution is 2.15. The molecule has 0 atom stereocenters. The second-order valence-corrected chi connectivity index (χ2v) is 5.35. The van der Waals surface area contributed by atoms with Crippen LogP contribution in [0.15, 0.2) is 30.3 Å². The smallest absolute Gasteiger partial charge is 0.276 e. The summed E-state index contributed by atoms with van der Waals surface area (Å²) in [5.41, 5.74) is 0.264. The van der Waals surface area contributed by atoms with E-state index in [9.17, 15) is 13.6 Å². The molecule has 0 aliphatic carbocycles. The highest BCUT2D eigenvalue weighted by Gasteiger charge is 2.12. The SMILES string of the molecule is CCCN(CCC)c1ccc(C(=O)Nc2ccc(F)c(F)c2)nn1. The molecule has 2 aromatic rings. The fraction of sp³-hybridized carbons (Fsp3) is 0.353. The van der Waals surface area contributed by atoms with Gasteiger partial charge in [0.15, 0.2) is 23.1 Å². The van der Waals surface area contributed by atoms with E-state index in [1.807, 2.05) is 0 Å². The Morgan fingerprint density at radius 2 is 1.75 bits per heavy atom. The summed E-state index contributed by atoms with van der Waals surface area (Å²) in [6, 6.07) is 6.45. The number of carbonyl (C=O) groups is 1. The Kier molecular flexibility index (Phi) is 6.17. The lowest BCUT2D eigenvalue weighted by molar-refractivity contribution is 0.102. The van der Waals surface area contributed by atoms with Crippen LogP contribution in [0.3, 0.4) is 0 Å². The van der Waals surface area contributed by atoms with Gasteiger partial charge in [-0.05, 0) is 37.1 Å². The molecule has 0 aliphatic heterocycles. The molecule has 2 rings (SSSR count). The molecule has 0 unspecified atom stereocenters. The summed E-state index contributed by atoms with van der Waals surface area (Å²) in [7, 11) is 0. The Morgan fingerprint density at radius 1 is 1.04 bits per heavy atom. The van der Waals surface area contributed by atoms with E-state index >= 15 is 0 Å². The third-order valence-corrected chi connectivity index (χ3v) is 3.37. The summed E-state index contributed by atoms with van der Waals surface area (Å²) in [5, 5.41) is 10.5. The maximum absolute atomic E-state index is 13.2. The summed E-state index contributed by atoms with van der Waals surface area (Å²) in [4.78, 5) is 14.2. The van der Waals surface area contributed by atoms with Gasteiger partial charge >= 0.3 is 0 Å². The molecular formula is C17H20F2N4O. The average Bonchev–Trinajstić information content (AvgIpc) is 2.58. The van der Waals surface area contributed by atoms with E-state index in [1.165, 1.54) is 6.07 Å². The number of halogens is 2. The van der Waals surface area contributed by atoms with Gasteiger partial charge in [0.1, 0.15) is 0 Å². The van der Waals surface area contributed by atoms with Gasteiger partial charge < -0.3 is 10.2 Å². The number of carbonyl (C=O) groups excluding carboxylic acids is 1. The van der Waals surface area contributed by atoms with Gasteiger partial charge in [0.25, 0.3) is 5.91 Å². The van der Waals surface area contributed by atoms with Crippen LogP contribution in [0.4, 0.5) is 20.3 Å². The van der Waals surface area contributed by atoms with Gasteiger partial charge in [0.05, 0.1) is 0 Å². The number of benzene rings is 1. The molecule has 0 radical (unpaired) electrons. The van der Waals surface area contributed by atoms with Crippen molar-refractivity contribution in [1.82, 2.24) is 10.2 Å². The van der Waals surface area contributed by atoms with Crippen molar-refractivity contribution in [3.63, 3.8) is 0 Å². The van der Waals surface area contributed by atoms with Crippen molar-refractivity contribution >= 4 is 17.4 Å². The highest BCUT2D eigenvalue weighted by atomic mass is 19.2. The number of rotatable bonds is 7. The van der Waals surface area contributed by atoms with Crippen LogP contribution in [-0.4, -0.2) is 29.2 Å². The van der Waals surface area contributed by atoms with Gasteiger partial charge in [-0.1, -0.05) is 13.8 Å². The van der Waals surface area contributed by atoms with E-state index in [1.54, 1.807) is 12.1 Å². The van der Waals surface area contributed by atoms with Gasteiger partial charge in [-0.15, -0.1) is 10.2 Å². The maximum Gasteiger partial charge on any atom is 0.276 e. The minimum atomic E-state index is -1.02.